The van der Waals surface area contributed by atoms with Crippen LogP contribution in [0.25, 0.3) is 0 Å². The lowest BCUT2D eigenvalue weighted by Gasteiger charge is -2.06. The average molecular weight is 228 g/mol. The summed E-state index contributed by atoms with van der Waals surface area (Å²) < 4.78 is 5.71. The molecule has 0 atom stereocenters. The smallest absolute Gasteiger partial charge is 0.119 e. The molecule has 0 heterocycles. The largest absolute Gasteiger partial charge is 0.489 e. The lowest BCUT2D eigenvalue weighted by molar-refractivity contribution is -0.386. The van der Waals surface area contributed by atoms with Crippen LogP contribution in [-0.4, -0.2) is 0 Å². The highest BCUT2D eigenvalue weighted by Gasteiger charge is 1.97. The summed E-state index contributed by atoms with van der Waals surface area (Å²) in [6, 6.07) is 16.5. The molecule has 2 heteroatoms. The maximum atomic E-state index is 5.71. The van der Waals surface area contributed by atoms with Gasteiger partial charge in [0.2, 0.25) is 0 Å². The highest BCUT2D eigenvalue weighted by Crippen LogP contribution is 2.14. The van der Waals surface area contributed by atoms with Gasteiger partial charge < -0.3 is 10.5 Å². The van der Waals surface area contributed by atoms with E-state index in [0.29, 0.717) is 6.61 Å². The number of rotatable bonds is 4. The Morgan fingerprint density at radius 2 is 1.47 bits per heavy atom. The molecule has 0 aliphatic heterocycles. The van der Waals surface area contributed by atoms with E-state index in [1.54, 1.807) is 0 Å². The van der Waals surface area contributed by atoms with Crippen molar-refractivity contribution in [1.82, 2.24) is 0 Å². The fourth-order valence-electron chi connectivity index (χ4n) is 1.60. The summed E-state index contributed by atoms with van der Waals surface area (Å²) in [5, 5.41) is 0. The van der Waals surface area contributed by atoms with E-state index in [-0.39, 0.29) is 0 Å². The highest BCUT2D eigenvalue weighted by atomic mass is 16.5. The van der Waals surface area contributed by atoms with Gasteiger partial charge in [0.05, 0.1) is 6.54 Å². The van der Waals surface area contributed by atoms with E-state index in [1.807, 2.05) is 12.1 Å². The highest BCUT2D eigenvalue weighted by molar-refractivity contribution is 5.27. The average Bonchev–Trinajstić information content (AvgIpc) is 2.39. The number of benzene rings is 2. The summed E-state index contributed by atoms with van der Waals surface area (Å²) in [7, 11) is 0. The van der Waals surface area contributed by atoms with Gasteiger partial charge >= 0.3 is 0 Å². The Kier molecular flexibility index (Phi) is 3.78. The van der Waals surface area contributed by atoms with Crippen molar-refractivity contribution in [3.8, 4) is 5.75 Å². The monoisotopic (exact) mass is 228 g/mol. The molecule has 0 radical (unpaired) electrons. The summed E-state index contributed by atoms with van der Waals surface area (Å²) in [6.45, 7) is 3.52. The van der Waals surface area contributed by atoms with Gasteiger partial charge in [0.25, 0.3) is 0 Å². The Morgan fingerprint density at radius 1 is 0.882 bits per heavy atom. The molecule has 0 bridgehead atoms. The molecule has 0 saturated heterocycles. The summed E-state index contributed by atoms with van der Waals surface area (Å²) in [5.41, 5.74) is 7.54. The van der Waals surface area contributed by atoms with Gasteiger partial charge in [-0.1, -0.05) is 29.8 Å². The number of quaternary nitrogens is 1. The molecule has 0 aromatic heterocycles. The molecular formula is C15H18NO+. The molecule has 0 aliphatic carbocycles. The van der Waals surface area contributed by atoms with Crippen LogP contribution in [0.15, 0.2) is 48.5 Å². The van der Waals surface area contributed by atoms with Gasteiger partial charge in [-0.25, -0.2) is 0 Å². The van der Waals surface area contributed by atoms with Gasteiger partial charge in [-0.05, 0) is 36.8 Å². The standard InChI is InChI=1S/C15H17NO/c1-12-2-4-14(5-3-12)11-17-15-8-6-13(10-16)7-9-15/h2-9H,10-11,16H2,1H3/p+1. The van der Waals surface area contributed by atoms with Gasteiger partial charge in [0.15, 0.2) is 0 Å². The van der Waals surface area contributed by atoms with Crippen molar-refractivity contribution < 1.29 is 10.5 Å². The maximum absolute atomic E-state index is 5.71. The quantitative estimate of drug-likeness (QED) is 0.856. The third kappa shape index (κ3) is 3.33. The van der Waals surface area contributed by atoms with Gasteiger partial charge in [0.1, 0.15) is 12.4 Å². The zero-order chi connectivity index (χ0) is 12.1. The van der Waals surface area contributed by atoms with Gasteiger partial charge in [-0.2, -0.15) is 0 Å². The van der Waals surface area contributed by atoms with Crippen molar-refractivity contribution >= 4 is 0 Å². The van der Waals surface area contributed by atoms with Crippen LogP contribution in [0.5, 0.6) is 5.75 Å². The Bertz CT molecular complexity index is 459. The van der Waals surface area contributed by atoms with Crippen molar-refractivity contribution in [2.24, 2.45) is 0 Å². The molecule has 2 rings (SSSR count). The lowest BCUT2D eigenvalue weighted by atomic mass is 10.2. The molecule has 0 unspecified atom stereocenters. The maximum Gasteiger partial charge on any atom is 0.119 e. The van der Waals surface area contributed by atoms with Gasteiger partial charge in [-0.3, -0.25) is 0 Å². The van der Waals surface area contributed by atoms with Crippen molar-refractivity contribution in [3.05, 3.63) is 65.2 Å². The first-order valence-corrected chi connectivity index (χ1v) is 5.84. The molecule has 0 fully saturated rings. The Balaban J connectivity index is 1.95. The number of ether oxygens (including phenoxy) is 1. The van der Waals surface area contributed by atoms with Gasteiger partial charge in [0, 0.05) is 5.56 Å². The van der Waals surface area contributed by atoms with Crippen LogP contribution in [0.3, 0.4) is 0 Å². The lowest BCUT2D eigenvalue weighted by Crippen LogP contribution is -2.47. The van der Waals surface area contributed by atoms with E-state index >= 15 is 0 Å². The van der Waals surface area contributed by atoms with Crippen LogP contribution in [0.4, 0.5) is 0 Å². The molecule has 0 aliphatic rings. The van der Waals surface area contributed by atoms with Crippen molar-refractivity contribution in [1.29, 1.82) is 0 Å². The minimum Gasteiger partial charge on any atom is -0.489 e. The second kappa shape index (κ2) is 5.51. The van der Waals surface area contributed by atoms with E-state index in [0.717, 1.165) is 12.3 Å². The zero-order valence-corrected chi connectivity index (χ0v) is 10.1. The molecule has 0 spiro atoms. The van der Waals surface area contributed by atoms with Crippen LogP contribution < -0.4 is 10.5 Å². The zero-order valence-electron chi connectivity index (χ0n) is 10.1. The first kappa shape index (κ1) is 11.7. The summed E-state index contributed by atoms with van der Waals surface area (Å²) in [6.07, 6.45) is 0. The van der Waals surface area contributed by atoms with Crippen LogP contribution in [-0.2, 0) is 13.2 Å². The van der Waals surface area contributed by atoms with E-state index < -0.39 is 0 Å². The molecule has 2 nitrogen and oxygen atoms in total. The predicted molar refractivity (Wildman–Crippen MR) is 68.5 cm³/mol. The van der Waals surface area contributed by atoms with Crippen LogP contribution in [0.1, 0.15) is 16.7 Å². The molecule has 17 heavy (non-hydrogen) atoms. The van der Waals surface area contributed by atoms with E-state index in [4.69, 9.17) is 4.74 Å². The Morgan fingerprint density at radius 3 is 2.06 bits per heavy atom. The summed E-state index contributed by atoms with van der Waals surface area (Å²) in [5.74, 6) is 0.905. The topological polar surface area (TPSA) is 36.9 Å². The first-order valence-electron chi connectivity index (χ1n) is 5.84. The third-order valence-corrected chi connectivity index (χ3v) is 2.74. The van der Waals surface area contributed by atoms with Crippen LogP contribution in [0, 0.1) is 6.92 Å². The van der Waals surface area contributed by atoms with E-state index in [9.17, 15) is 0 Å². The summed E-state index contributed by atoms with van der Waals surface area (Å²) in [4.78, 5) is 0. The second-order valence-corrected chi connectivity index (χ2v) is 4.17. The normalized spacial score (nSPS) is 10.2. The molecule has 0 amide bonds. The minimum absolute atomic E-state index is 0.615. The van der Waals surface area contributed by atoms with E-state index in [2.05, 4.69) is 49.1 Å². The van der Waals surface area contributed by atoms with Crippen LogP contribution >= 0.6 is 0 Å². The van der Waals surface area contributed by atoms with Crippen molar-refractivity contribution in [2.75, 3.05) is 0 Å². The molecule has 88 valence electrons. The SMILES string of the molecule is Cc1ccc(COc2ccc(C[NH3+])cc2)cc1. The fourth-order valence-corrected chi connectivity index (χ4v) is 1.60. The third-order valence-electron chi connectivity index (χ3n) is 2.74. The molecule has 2 aromatic rings. The van der Waals surface area contributed by atoms with Crippen LogP contribution in [0.2, 0.25) is 0 Å². The molecular weight excluding hydrogens is 210 g/mol. The van der Waals surface area contributed by atoms with Crippen molar-refractivity contribution in [3.63, 3.8) is 0 Å². The predicted octanol–water partition coefficient (Wildman–Crippen LogP) is 2.32. The molecule has 0 saturated carbocycles. The second-order valence-electron chi connectivity index (χ2n) is 4.17. The number of aryl methyl sites for hydroxylation is 1. The fraction of sp³-hybridized carbons (Fsp3) is 0.200. The summed E-state index contributed by atoms with van der Waals surface area (Å²) >= 11 is 0. The number of hydrogen-bond acceptors (Lipinski definition) is 1. The first-order chi connectivity index (χ1) is 8.28. The van der Waals surface area contributed by atoms with Crippen molar-refractivity contribution in [2.45, 2.75) is 20.1 Å². The van der Waals surface area contributed by atoms with E-state index in [1.165, 1.54) is 16.7 Å². The van der Waals surface area contributed by atoms with Gasteiger partial charge in [-0.15, -0.1) is 0 Å². The Hall–Kier alpha value is -1.80. The number of hydrogen-bond donors (Lipinski definition) is 1. The molecule has 2 aromatic carbocycles. The minimum atomic E-state index is 0.615. The molecule has 3 N–H and O–H groups in total. The Labute approximate surface area is 102 Å².